The van der Waals surface area contributed by atoms with Crippen molar-refractivity contribution in [2.45, 2.75) is 77.1 Å². The summed E-state index contributed by atoms with van der Waals surface area (Å²) in [6.45, 7) is 5.38. The number of fused-ring (bicyclic) bond motifs is 1. The van der Waals surface area contributed by atoms with Crippen LogP contribution in [0.3, 0.4) is 0 Å². The van der Waals surface area contributed by atoms with Gasteiger partial charge < -0.3 is 20.7 Å². The highest BCUT2D eigenvalue weighted by Crippen LogP contribution is 2.37. The Morgan fingerprint density at radius 3 is 2.53 bits per heavy atom. The number of carbonyl (C=O) groups excluding carboxylic acids is 4. The Balaban J connectivity index is 1.47. The maximum Gasteiger partial charge on any atom is 0.306 e. The number of ether oxygens (including phenoxy) is 1. The fraction of sp³-hybridized carbons (Fsp3) is 0.464. The molecule has 9 nitrogen and oxygen atoms in total. The second kappa shape index (κ2) is 11.1. The van der Waals surface area contributed by atoms with Crippen LogP contribution < -0.4 is 11.1 Å². The fourth-order valence-corrected chi connectivity index (χ4v) is 4.95. The van der Waals surface area contributed by atoms with Crippen LogP contribution in [-0.2, 0) is 20.9 Å². The van der Waals surface area contributed by atoms with Crippen molar-refractivity contribution >= 4 is 35.3 Å². The zero-order chi connectivity index (χ0) is 27.6. The lowest BCUT2D eigenvalue weighted by Gasteiger charge is -2.34. The highest BCUT2D eigenvalue weighted by Gasteiger charge is 2.37. The van der Waals surface area contributed by atoms with Crippen molar-refractivity contribution in [2.75, 3.05) is 0 Å². The molecule has 202 valence electrons. The summed E-state index contributed by atoms with van der Waals surface area (Å²) < 4.78 is 5.31. The van der Waals surface area contributed by atoms with E-state index < -0.39 is 23.5 Å². The maximum atomic E-state index is 13.2. The van der Waals surface area contributed by atoms with Crippen LogP contribution in [0.5, 0.6) is 0 Å². The Bertz CT molecular complexity index is 1240. The largest absolute Gasteiger partial charge is 0.460 e. The molecule has 2 aliphatic rings. The molecule has 2 aromatic rings. The molecule has 1 aromatic heterocycles. The van der Waals surface area contributed by atoms with Gasteiger partial charge in [0.2, 0.25) is 5.91 Å². The summed E-state index contributed by atoms with van der Waals surface area (Å²) in [6, 6.07) is 7.23. The molecule has 1 fully saturated rings. The molecule has 1 aliphatic carbocycles. The number of primary amides is 1. The number of aromatic nitrogens is 1. The molecule has 0 unspecified atom stereocenters. The fourth-order valence-electron chi connectivity index (χ4n) is 4.84. The summed E-state index contributed by atoms with van der Waals surface area (Å²) in [7, 11) is 0. The van der Waals surface area contributed by atoms with Gasteiger partial charge >= 0.3 is 5.97 Å². The Morgan fingerprint density at radius 2 is 1.95 bits per heavy atom. The summed E-state index contributed by atoms with van der Waals surface area (Å²) >= 11 is 5.99. The number of nitrogens with zero attached hydrogens (tertiary/aromatic N) is 2. The first-order valence-electron chi connectivity index (χ1n) is 12.8. The lowest BCUT2D eigenvalue weighted by molar-refractivity contribution is -0.155. The van der Waals surface area contributed by atoms with E-state index in [1.54, 1.807) is 51.2 Å². The van der Waals surface area contributed by atoms with Gasteiger partial charge in [0.25, 0.3) is 11.8 Å². The van der Waals surface area contributed by atoms with Crippen LogP contribution in [0.1, 0.15) is 90.9 Å². The van der Waals surface area contributed by atoms with E-state index in [0.29, 0.717) is 27.6 Å². The summed E-state index contributed by atoms with van der Waals surface area (Å²) in [5.74, 6) is -1.52. The van der Waals surface area contributed by atoms with Crippen LogP contribution in [0, 0.1) is 5.92 Å². The molecule has 0 radical (unpaired) electrons. The molecule has 2 atom stereocenters. The molecule has 10 heteroatoms. The third-order valence-corrected chi connectivity index (χ3v) is 7.15. The molecule has 3 amide bonds. The maximum absolute atomic E-state index is 13.2. The Labute approximate surface area is 227 Å². The number of hydrogen-bond donors (Lipinski definition) is 2. The number of amides is 3. The molecule has 38 heavy (non-hydrogen) atoms. The SMILES string of the molecule is CC(C)(C)OC(=O)CC[C@@H](C(N)=O)N1Cc2cc(C(=O)N[C@H](c3ccc(Cl)cn3)C3CCC3)ccc2C1=O. The van der Waals surface area contributed by atoms with Gasteiger partial charge in [0.1, 0.15) is 11.6 Å². The summed E-state index contributed by atoms with van der Waals surface area (Å²) in [4.78, 5) is 56.5. The summed E-state index contributed by atoms with van der Waals surface area (Å²) in [5.41, 5.74) is 7.13. The first-order valence-corrected chi connectivity index (χ1v) is 13.2. The van der Waals surface area contributed by atoms with Crippen molar-refractivity contribution in [3.8, 4) is 0 Å². The van der Waals surface area contributed by atoms with Crippen molar-refractivity contribution < 1.29 is 23.9 Å². The average Bonchev–Trinajstić information content (AvgIpc) is 3.12. The van der Waals surface area contributed by atoms with E-state index >= 15 is 0 Å². The van der Waals surface area contributed by atoms with Crippen LogP contribution >= 0.6 is 11.6 Å². The minimum atomic E-state index is -0.973. The molecular formula is C28H33ClN4O5. The van der Waals surface area contributed by atoms with E-state index in [-0.39, 0.29) is 37.2 Å². The number of nitrogens with two attached hydrogens (primary N) is 1. The van der Waals surface area contributed by atoms with Crippen molar-refractivity contribution in [1.82, 2.24) is 15.2 Å². The van der Waals surface area contributed by atoms with Gasteiger partial charge in [-0.1, -0.05) is 18.0 Å². The zero-order valence-electron chi connectivity index (χ0n) is 21.8. The van der Waals surface area contributed by atoms with Gasteiger partial charge in [-0.2, -0.15) is 0 Å². The topological polar surface area (TPSA) is 132 Å². The van der Waals surface area contributed by atoms with Gasteiger partial charge in [0.05, 0.1) is 16.8 Å². The van der Waals surface area contributed by atoms with E-state index in [1.807, 2.05) is 6.07 Å². The Morgan fingerprint density at radius 1 is 1.21 bits per heavy atom. The van der Waals surface area contributed by atoms with Crippen LogP contribution in [0.25, 0.3) is 0 Å². The van der Waals surface area contributed by atoms with E-state index in [1.165, 1.54) is 4.90 Å². The number of carbonyl (C=O) groups is 4. The normalized spacial score (nSPS) is 16.8. The highest BCUT2D eigenvalue weighted by atomic mass is 35.5. The molecule has 0 saturated heterocycles. The molecule has 1 aromatic carbocycles. The van der Waals surface area contributed by atoms with Crippen molar-refractivity contribution in [2.24, 2.45) is 11.7 Å². The predicted octanol–water partition coefficient (Wildman–Crippen LogP) is 3.94. The smallest absolute Gasteiger partial charge is 0.306 e. The standard InChI is InChI=1S/C28H33ClN4O5/c1-28(2,3)38-23(34)12-11-22(25(30)35)33-15-18-13-17(7-9-20(18)27(33)37)26(36)32-24(16-5-4-6-16)21-10-8-19(29)14-31-21/h7-10,13-14,16,22,24H,4-6,11-12,15H2,1-3H3,(H2,30,35)(H,32,36)/t22-,24-/m0/s1. The van der Waals surface area contributed by atoms with Crippen molar-refractivity contribution in [3.63, 3.8) is 0 Å². The number of esters is 1. The Hall–Kier alpha value is -3.46. The van der Waals surface area contributed by atoms with E-state index in [0.717, 1.165) is 25.0 Å². The van der Waals surface area contributed by atoms with E-state index in [2.05, 4.69) is 10.3 Å². The predicted molar refractivity (Wildman–Crippen MR) is 141 cm³/mol. The molecule has 2 heterocycles. The van der Waals surface area contributed by atoms with Gasteiger partial charge in [0.15, 0.2) is 0 Å². The molecule has 1 saturated carbocycles. The minimum absolute atomic E-state index is 0.0501. The van der Waals surface area contributed by atoms with E-state index in [9.17, 15) is 19.2 Å². The van der Waals surface area contributed by atoms with Crippen LogP contribution in [-0.4, -0.2) is 45.2 Å². The van der Waals surface area contributed by atoms with Gasteiger partial charge in [-0.3, -0.25) is 24.2 Å². The van der Waals surface area contributed by atoms with Crippen LogP contribution in [0.2, 0.25) is 5.02 Å². The number of pyridine rings is 1. The third kappa shape index (κ3) is 6.32. The number of rotatable bonds is 9. The van der Waals surface area contributed by atoms with Gasteiger partial charge in [-0.05, 0) is 81.8 Å². The van der Waals surface area contributed by atoms with Crippen LogP contribution in [0.15, 0.2) is 36.5 Å². The average molecular weight is 541 g/mol. The second-order valence-corrected chi connectivity index (χ2v) is 11.3. The number of benzene rings is 1. The van der Waals surface area contributed by atoms with E-state index in [4.69, 9.17) is 22.1 Å². The molecular weight excluding hydrogens is 508 g/mol. The first-order chi connectivity index (χ1) is 17.9. The monoisotopic (exact) mass is 540 g/mol. The summed E-state index contributed by atoms with van der Waals surface area (Å²) in [5, 5.41) is 3.64. The van der Waals surface area contributed by atoms with Crippen LogP contribution in [0.4, 0.5) is 0 Å². The number of halogens is 1. The van der Waals surface area contributed by atoms with Gasteiger partial charge in [-0.15, -0.1) is 0 Å². The van der Waals surface area contributed by atoms with Crippen molar-refractivity contribution in [3.05, 3.63) is 63.9 Å². The van der Waals surface area contributed by atoms with Gasteiger partial charge in [0, 0.05) is 30.3 Å². The Kier molecular flexibility index (Phi) is 8.06. The molecule has 0 bridgehead atoms. The minimum Gasteiger partial charge on any atom is -0.460 e. The quantitative estimate of drug-likeness (QED) is 0.463. The number of hydrogen-bond acceptors (Lipinski definition) is 6. The highest BCUT2D eigenvalue weighted by molar-refractivity contribution is 6.30. The molecule has 1 aliphatic heterocycles. The lowest BCUT2D eigenvalue weighted by atomic mass is 9.78. The molecule has 0 spiro atoms. The van der Waals surface area contributed by atoms with Gasteiger partial charge in [-0.25, -0.2) is 0 Å². The summed E-state index contributed by atoms with van der Waals surface area (Å²) in [6.07, 6.45) is 4.68. The first kappa shape index (κ1) is 27.6. The third-order valence-electron chi connectivity index (χ3n) is 6.92. The zero-order valence-corrected chi connectivity index (χ0v) is 22.6. The molecule has 3 N–H and O–H groups in total. The lowest BCUT2D eigenvalue weighted by Crippen LogP contribution is -2.45. The number of nitrogens with one attached hydrogen (secondary N) is 1. The molecule has 4 rings (SSSR count). The second-order valence-electron chi connectivity index (χ2n) is 10.9. The van der Waals surface area contributed by atoms with Crippen molar-refractivity contribution in [1.29, 1.82) is 0 Å².